The lowest BCUT2D eigenvalue weighted by atomic mass is 10.1. The second-order valence-corrected chi connectivity index (χ2v) is 6.75. The maximum absolute atomic E-state index is 4.75. The molecule has 8 heteroatoms. The van der Waals surface area contributed by atoms with E-state index in [9.17, 15) is 0 Å². The maximum atomic E-state index is 4.75. The third kappa shape index (κ3) is 1.90. The van der Waals surface area contributed by atoms with Crippen LogP contribution in [-0.2, 0) is 13.0 Å². The molecule has 0 atom stereocenters. The van der Waals surface area contributed by atoms with Crippen molar-refractivity contribution in [2.45, 2.75) is 26.8 Å². The first-order valence-corrected chi connectivity index (χ1v) is 8.50. The van der Waals surface area contributed by atoms with E-state index >= 15 is 0 Å². The Hall–Kier alpha value is -1.80. The standard InChI is InChI=1S/C14H19N7S/c1-4-20(5-2)12-11-9-6-7-19(3)8-10(9)22-13(11)21-14(15-12)16-17-18-21/h4-8H2,1-3H3. The van der Waals surface area contributed by atoms with E-state index in [1.54, 1.807) is 15.9 Å². The summed E-state index contributed by atoms with van der Waals surface area (Å²) >= 11 is 1.80. The summed E-state index contributed by atoms with van der Waals surface area (Å²) in [4.78, 5) is 11.9. The monoisotopic (exact) mass is 317 g/mol. The second-order valence-electron chi connectivity index (χ2n) is 5.67. The van der Waals surface area contributed by atoms with Gasteiger partial charge < -0.3 is 9.80 Å². The highest BCUT2D eigenvalue weighted by Gasteiger charge is 2.25. The van der Waals surface area contributed by atoms with Crippen molar-refractivity contribution < 1.29 is 0 Å². The molecule has 3 aromatic rings. The van der Waals surface area contributed by atoms with Gasteiger partial charge in [-0.3, -0.25) is 0 Å². The van der Waals surface area contributed by atoms with Gasteiger partial charge in [0.2, 0.25) is 0 Å². The van der Waals surface area contributed by atoms with Crippen LogP contribution in [0, 0.1) is 0 Å². The van der Waals surface area contributed by atoms with E-state index in [2.05, 4.69) is 46.2 Å². The molecule has 0 N–H and O–H groups in total. The van der Waals surface area contributed by atoms with Gasteiger partial charge in [0.1, 0.15) is 10.6 Å². The van der Waals surface area contributed by atoms with Crippen LogP contribution < -0.4 is 4.90 Å². The Morgan fingerprint density at radius 1 is 1.27 bits per heavy atom. The van der Waals surface area contributed by atoms with Crippen molar-refractivity contribution in [3.8, 4) is 0 Å². The molecule has 0 amide bonds. The van der Waals surface area contributed by atoms with E-state index in [4.69, 9.17) is 4.98 Å². The van der Waals surface area contributed by atoms with E-state index in [-0.39, 0.29) is 0 Å². The molecule has 3 aromatic heterocycles. The van der Waals surface area contributed by atoms with Gasteiger partial charge in [0.05, 0.1) is 5.39 Å². The number of rotatable bonds is 3. The molecule has 0 saturated carbocycles. The number of tetrazole rings is 1. The minimum absolute atomic E-state index is 0.585. The van der Waals surface area contributed by atoms with Crippen molar-refractivity contribution in [3.63, 3.8) is 0 Å². The molecule has 22 heavy (non-hydrogen) atoms. The molecule has 0 aromatic carbocycles. The number of hydrogen-bond acceptors (Lipinski definition) is 7. The number of anilines is 1. The van der Waals surface area contributed by atoms with Crippen LogP contribution in [-0.4, -0.2) is 56.6 Å². The lowest BCUT2D eigenvalue weighted by Crippen LogP contribution is -2.26. The average Bonchev–Trinajstić information content (AvgIpc) is 3.11. The number of nitrogens with zero attached hydrogens (tertiary/aromatic N) is 7. The Morgan fingerprint density at radius 2 is 2.09 bits per heavy atom. The summed E-state index contributed by atoms with van der Waals surface area (Å²) in [6.45, 7) is 8.27. The minimum Gasteiger partial charge on any atom is -0.356 e. The summed E-state index contributed by atoms with van der Waals surface area (Å²) in [6, 6.07) is 0. The van der Waals surface area contributed by atoms with Gasteiger partial charge >= 0.3 is 0 Å². The Bertz CT molecular complexity index is 833. The molecular formula is C14H19N7S. The predicted octanol–water partition coefficient (Wildman–Crippen LogP) is 1.57. The normalized spacial score (nSPS) is 15.6. The third-order valence-corrected chi connectivity index (χ3v) is 5.56. The molecule has 0 unspecified atom stereocenters. The van der Waals surface area contributed by atoms with Crippen molar-refractivity contribution in [2.75, 3.05) is 31.6 Å². The van der Waals surface area contributed by atoms with E-state index in [1.165, 1.54) is 15.8 Å². The lowest BCUT2D eigenvalue weighted by Gasteiger charge is -2.24. The lowest BCUT2D eigenvalue weighted by molar-refractivity contribution is 0.318. The quantitative estimate of drug-likeness (QED) is 0.731. The van der Waals surface area contributed by atoms with Crippen LogP contribution in [0.3, 0.4) is 0 Å². The van der Waals surface area contributed by atoms with Crippen LogP contribution >= 0.6 is 11.3 Å². The Balaban J connectivity index is 2.07. The van der Waals surface area contributed by atoms with Crippen LogP contribution in [0.15, 0.2) is 0 Å². The summed E-state index contributed by atoms with van der Waals surface area (Å²) < 4.78 is 1.78. The number of fused-ring (bicyclic) bond motifs is 5. The highest BCUT2D eigenvalue weighted by molar-refractivity contribution is 7.19. The zero-order valence-electron chi connectivity index (χ0n) is 13.1. The van der Waals surface area contributed by atoms with Gasteiger partial charge in [-0.2, -0.15) is 9.50 Å². The first-order valence-electron chi connectivity index (χ1n) is 7.68. The average molecular weight is 317 g/mol. The van der Waals surface area contributed by atoms with Gasteiger partial charge in [0.25, 0.3) is 5.78 Å². The maximum Gasteiger partial charge on any atom is 0.276 e. The van der Waals surface area contributed by atoms with E-state index in [1.807, 2.05) is 0 Å². The molecule has 4 heterocycles. The van der Waals surface area contributed by atoms with Crippen molar-refractivity contribution in [3.05, 3.63) is 10.4 Å². The summed E-state index contributed by atoms with van der Waals surface area (Å²) in [5.41, 5.74) is 1.44. The zero-order chi connectivity index (χ0) is 15.3. The minimum atomic E-state index is 0.585. The van der Waals surface area contributed by atoms with Crippen LogP contribution in [0.5, 0.6) is 0 Å². The van der Waals surface area contributed by atoms with E-state index in [0.29, 0.717) is 5.78 Å². The number of hydrogen-bond donors (Lipinski definition) is 0. The summed E-state index contributed by atoms with van der Waals surface area (Å²) in [5.74, 6) is 1.62. The third-order valence-electron chi connectivity index (χ3n) is 4.37. The molecule has 0 spiro atoms. The number of likely N-dealkylation sites (N-methyl/N-ethyl adjacent to an activating group) is 1. The Kier molecular flexibility index (Phi) is 3.23. The van der Waals surface area contributed by atoms with E-state index < -0.39 is 0 Å². The van der Waals surface area contributed by atoms with Crippen LogP contribution in [0.2, 0.25) is 0 Å². The molecule has 0 aliphatic carbocycles. The molecule has 0 bridgehead atoms. The Morgan fingerprint density at radius 3 is 2.86 bits per heavy atom. The molecule has 116 valence electrons. The van der Waals surface area contributed by atoms with E-state index in [0.717, 1.165) is 43.2 Å². The molecular weight excluding hydrogens is 298 g/mol. The largest absolute Gasteiger partial charge is 0.356 e. The van der Waals surface area contributed by atoms with Gasteiger partial charge in [-0.1, -0.05) is 5.10 Å². The van der Waals surface area contributed by atoms with Crippen molar-refractivity contribution >= 4 is 33.1 Å². The van der Waals surface area contributed by atoms with Gasteiger partial charge in [-0.15, -0.1) is 11.3 Å². The van der Waals surface area contributed by atoms with Gasteiger partial charge in [0.15, 0.2) is 0 Å². The topological polar surface area (TPSA) is 62.5 Å². The summed E-state index contributed by atoms with van der Waals surface area (Å²) in [5, 5.41) is 13.2. The SMILES string of the molecule is CCN(CC)c1nc2nnnn2c2sc3c(c12)CCN(C)C3. The predicted molar refractivity (Wildman–Crippen MR) is 87.6 cm³/mol. The molecule has 0 radical (unpaired) electrons. The molecule has 1 aliphatic heterocycles. The molecule has 0 saturated heterocycles. The first-order chi connectivity index (χ1) is 10.7. The fourth-order valence-electron chi connectivity index (χ4n) is 3.18. The van der Waals surface area contributed by atoms with Crippen molar-refractivity contribution in [1.29, 1.82) is 0 Å². The highest BCUT2D eigenvalue weighted by Crippen LogP contribution is 2.39. The van der Waals surface area contributed by atoms with Crippen LogP contribution in [0.4, 0.5) is 5.82 Å². The van der Waals surface area contributed by atoms with Crippen molar-refractivity contribution in [2.24, 2.45) is 0 Å². The van der Waals surface area contributed by atoms with Crippen LogP contribution in [0.25, 0.3) is 16.0 Å². The summed E-state index contributed by atoms with van der Waals surface area (Å²) in [7, 11) is 2.17. The van der Waals surface area contributed by atoms with Gasteiger partial charge in [-0.05, 0) is 43.3 Å². The molecule has 0 fully saturated rings. The summed E-state index contributed by atoms with van der Waals surface area (Å²) in [6.07, 6.45) is 1.06. The fourth-order valence-corrected chi connectivity index (χ4v) is 4.55. The van der Waals surface area contributed by atoms with Gasteiger partial charge in [0, 0.05) is 31.1 Å². The molecule has 7 nitrogen and oxygen atoms in total. The fraction of sp³-hybridized carbons (Fsp3) is 0.571. The first kappa shape index (κ1) is 13.8. The van der Waals surface area contributed by atoms with Gasteiger partial charge in [-0.25, -0.2) is 0 Å². The molecule has 4 rings (SSSR count). The van der Waals surface area contributed by atoms with Crippen molar-refractivity contribution in [1.82, 2.24) is 29.9 Å². The Labute approximate surface area is 132 Å². The highest BCUT2D eigenvalue weighted by atomic mass is 32.1. The second kappa shape index (κ2) is 5.13. The molecule has 1 aliphatic rings. The van der Waals surface area contributed by atoms with Crippen LogP contribution in [0.1, 0.15) is 24.3 Å². The zero-order valence-corrected chi connectivity index (χ0v) is 13.9. The number of aromatic nitrogens is 5. The smallest absolute Gasteiger partial charge is 0.276 e. The number of thiophene rings is 1.